The fourth-order valence-corrected chi connectivity index (χ4v) is 5.05. The van der Waals surface area contributed by atoms with Crippen LogP contribution >= 0.6 is 15.9 Å². The molecule has 7 heteroatoms. The van der Waals surface area contributed by atoms with Gasteiger partial charge in [-0.2, -0.15) is 0 Å². The highest BCUT2D eigenvalue weighted by Gasteiger charge is 2.16. The number of hydrogen-bond donors (Lipinski definition) is 0. The number of hydrogen-bond acceptors (Lipinski definition) is 5. The van der Waals surface area contributed by atoms with E-state index in [-0.39, 0.29) is 5.56 Å². The highest BCUT2D eigenvalue weighted by molar-refractivity contribution is 9.10. The van der Waals surface area contributed by atoms with Crippen LogP contribution in [0, 0.1) is 6.92 Å². The number of ether oxygens (including phenoxy) is 3. The van der Waals surface area contributed by atoms with Gasteiger partial charge in [0.15, 0.2) is 11.5 Å². The Morgan fingerprint density at radius 1 is 0.811 bits per heavy atom. The van der Waals surface area contributed by atoms with Gasteiger partial charge in [0.1, 0.15) is 11.6 Å². The lowest BCUT2D eigenvalue weighted by atomic mass is 10.1. The van der Waals surface area contributed by atoms with Gasteiger partial charge in [-0.15, -0.1) is 0 Å². The Bertz CT molecular complexity index is 1740. The normalized spacial score (nSPS) is 11.4. The van der Waals surface area contributed by atoms with Gasteiger partial charge in [0.05, 0.1) is 37.9 Å². The Balaban J connectivity index is 1.78. The summed E-state index contributed by atoms with van der Waals surface area (Å²) < 4.78 is 18.9. The third-order valence-electron chi connectivity index (χ3n) is 6.25. The number of rotatable bonds is 6. The third-order valence-corrected chi connectivity index (χ3v) is 6.89. The number of fused-ring (bicyclic) bond motifs is 2. The predicted molar refractivity (Wildman–Crippen MR) is 152 cm³/mol. The van der Waals surface area contributed by atoms with E-state index in [1.165, 1.54) is 0 Å². The molecule has 37 heavy (non-hydrogen) atoms. The zero-order valence-corrected chi connectivity index (χ0v) is 22.5. The molecule has 0 fully saturated rings. The van der Waals surface area contributed by atoms with Gasteiger partial charge in [-0.1, -0.05) is 30.3 Å². The van der Waals surface area contributed by atoms with Gasteiger partial charge in [0.2, 0.25) is 0 Å². The SMILES string of the molecule is COc1cc(OC)c(OC)cc1/C=C/c1nc2cc3ccccc3cc2c(=O)n1-c1ccc(C)cc1Br. The van der Waals surface area contributed by atoms with Crippen LogP contribution in [0.15, 0.2) is 76.0 Å². The first-order valence-corrected chi connectivity index (χ1v) is 12.4. The first-order valence-electron chi connectivity index (χ1n) is 11.6. The van der Waals surface area contributed by atoms with Gasteiger partial charge in [-0.25, -0.2) is 4.98 Å². The van der Waals surface area contributed by atoms with Gasteiger partial charge in [-0.05, 0) is 81.7 Å². The molecule has 0 aliphatic carbocycles. The average Bonchev–Trinajstić information content (AvgIpc) is 2.91. The second-order valence-electron chi connectivity index (χ2n) is 8.56. The summed E-state index contributed by atoms with van der Waals surface area (Å²) in [6, 6.07) is 21.3. The first-order chi connectivity index (χ1) is 17.9. The second-order valence-corrected chi connectivity index (χ2v) is 9.42. The summed E-state index contributed by atoms with van der Waals surface area (Å²) in [6.07, 6.45) is 3.67. The summed E-state index contributed by atoms with van der Waals surface area (Å²) in [6.45, 7) is 2.01. The Hall–Kier alpha value is -4.10. The van der Waals surface area contributed by atoms with Crippen LogP contribution in [0.4, 0.5) is 0 Å². The van der Waals surface area contributed by atoms with Gasteiger partial charge in [0, 0.05) is 16.1 Å². The molecule has 0 amide bonds. The molecular formula is C30H25BrN2O4. The van der Waals surface area contributed by atoms with E-state index in [1.807, 2.05) is 79.7 Å². The molecule has 0 unspecified atom stereocenters. The van der Waals surface area contributed by atoms with E-state index in [4.69, 9.17) is 19.2 Å². The lowest BCUT2D eigenvalue weighted by Crippen LogP contribution is -2.22. The molecule has 6 nitrogen and oxygen atoms in total. The number of halogens is 1. The van der Waals surface area contributed by atoms with Crippen molar-refractivity contribution in [2.24, 2.45) is 0 Å². The fraction of sp³-hybridized carbons (Fsp3) is 0.133. The molecule has 0 spiro atoms. The number of nitrogens with zero attached hydrogens (tertiary/aromatic N) is 2. The third kappa shape index (κ3) is 4.58. The summed E-state index contributed by atoms with van der Waals surface area (Å²) >= 11 is 3.65. The van der Waals surface area contributed by atoms with Crippen LogP contribution in [-0.4, -0.2) is 30.9 Å². The molecule has 5 aromatic rings. The summed E-state index contributed by atoms with van der Waals surface area (Å²) in [5.74, 6) is 2.22. The Morgan fingerprint density at radius 2 is 1.49 bits per heavy atom. The van der Waals surface area contributed by atoms with Gasteiger partial charge in [-0.3, -0.25) is 9.36 Å². The van der Waals surface area contributed by atoms with Crippen LogP contribution in [0.3, 0.4) is 0 Å². The highest BCUT2D eigenvalue weighted by Crippen LogP contribution is 2.35. The molecular weight excluding hydrogens is 532 g/mol. The van der Waals surface area contributed by atoms with Crippen LogP contribution in [0.25, 0.3) is 39.5 Å². The van der Waals surface area contributed by atoms with Gasteiger partial charge < -0.3 is 14.2 Å². The molecule has 0 saturated heterocycles. The van der Waals surface area contributed by atoms with Crippen LogP contribution < -0.4 is 19.8 Å². The quantitative estimate of drug-likeness (QED) is 0.215. The fourth-order valence-electron chi connectivity index (χ4n) is 4.38. The molecule has 0 radical (unpaired) electrons. The van der Waals surface area contributed by atoms with E-state index < -0.39 is 0 Å². The summed E-state index contributed by atoms with van der Waals surface area (Å²) in [4.78, 5) is 18.9. The molecule has 4 aromatic carbocycles. The standard InChI is InChI=1S/C30H25BrN2O4/c1-18-9-11-25(23(31)13-18)33-29(12-10-21-16-27(36-3)28(37-4)17-26(21)35-2)32-24-15-20-8-6-5-7-19(20)14-22(24)30(33)34/h5-17H,1-4H3/b12-10+. The average molecular weight is 557 g/mol. The van der Waals surface area contributed by atoms with Crippen molar-refractivity contribution in [3.63, 3.8) is 0 Å². The number of methoxy groups -OCH3 is 3. The second kappa shape index (κ2) is 10.1. The van der Waals surface area contributed by atoms with E-state index in [1.54, 1.807) is 32.0 Å². The van der Waals surface area contributed by atoms with Gasteiger partial charge in [0.25, 0.3) is 5.56 Å². The minimum absolute atomic E-state index is 0.153. The maximum Gasteiger partial charge on any atom is 0.266 e. The van der Waals surface area contributed by atoms with Crippen molar-refractivity contribution in [2.45, 2.75) is 6.92 Å². The number of aryl methyl sites for hydroxylation is 1. The van der Waals surface area contributed by atoms with Crippen molar-refractivity contribution < 1.29 is 14.2 Å². The molecule has 0 atom stereocenters. The highest BCUT2D eigenvalue weighted by atomic mass is 79.9. The van der Waals surface area contributed by atoms with Crippen molar-refractivity contribution in [3.05, 3.63) is 98.5 Å². The summed E-state index contributed by atoms with van der Waals surface area (Å²) in [5, 5.41) is 2.56. The zero-order valence-electron chi connectivity index (χ0n) is 20.9. The monoisotopic (exact) mass is 556 g/mol. The van der Waals surface area contributed by atoms with Gasteiger partial charge >= 0.3 is 0 Å². The van der Waals surface area contributed by atoms with E-state index in [2.05, 4.69) is 15.9 Å². The predicted octanol–water partition coefficient (Wildman–Crippen LogP) is 6.81. The summed E-state index contributed by atoms with van der Waals surface area (Å²) in [5.41, 5.74) is 3.01. The van der Waals surface area contributed by atoms with E-state index >= 15 is 0 Å². The number of benzene rings is 4. The maximum absolute atomic E-state index is 14.0. The van der Waals surface area contributed by atoms with Crippen molar-refractivity contribution in [3.8, 4) is 22.9 Å². The molecule has 186 valence electrons. The molecule has 1 heterocycles. The maximum atomic E-state index is 14.0. The van der Waals surface area contributed by atoms with Crippen molar-refractivity contribution in [2.75, 3.05) is 21.3 Å². The Morgan fingerprint density at radius 3 is 2.16 bits per heavy atom. The van der Waals surface area contributed by atoms with Crippen LogP contribution in [0.5, 0.6) is 17.2 Å². The van der Waals surface area contributed by atoms with Crippen molar-refractivity contribution in [1.82, 2.24) is 9.55 Å². The number of aromatic nitrogens is 2. The smallest absolute Gasteiger partial charge is 0.266 e. The largest absolute Gasteiger partial charge is 0.496 e. The van der Waals surface area contributed by atoms with Crippen molar-refractivity contribution in [1.29, 1.82) is 0 Å². The minimum Gasteiger partial charge on any atom is -0.496 e. The molecule has 0 aliphatic rings. The Labute approximate surface area is 222 Å². The first kappa shape index (κ1) is 24.6. The van der Waals surface area contributed by atoms with Crippen LogP contribution in [0.2, 0.25) is 0 Å². The molecule has 1 aromatic heterocycles. The zero-order chi connectivity index (χ0) is 26.1. The molecule has 0 aliphatic heterocycles. The summed E-state index contributed by atoms with van der Waals surface area (Å²) in [7, 11) is 4.75. The molecule has 0 N–H and O–H groups in total. The van der Waals surface area contributed by atoms with Crippen molar-refractivity contribution >= 4 is 49.8 Å². The topological polar surface area (TPSA) is 62.6 Å². The van der Waals surface area contributed by atoms with Crippen LogP contribution in [0.1, 0.15) is 17.0 Å². The minimum atomic E-state index is -0.153. The Kier molecular flexibility index (Phi) is 6.72. The molecule has 0 saturated carbocycles. The van der Waals surface area contributed by atoms with E-state index in [0.717, 1.165) is 26.4 Å². The molecule has 0 bridgehead atoms. The van der Waals surface area contributed by atoms with Crippen LogP contribution in [-0.2, 0) is 0 Å². The van der Waals surface area contributed by atoms with E-state index in [0.29, 0.717) is 39.7 Å². The van der Waals surface area contributed by atoms with E-state index in [9.17, 15) is 4.79 Å². The molecule has 5 rings (SSSR count). The lowest BCUT2D eigenvalue weighted by Gasteiger charge is -2.15. The lowest BCUT2D eigenvalue weighted by molar-refractivity contribution is 0.348.